The SMILES string of the molecule is NCCC=Cc1ccc(CCCC(=O)O)cc1. The van der Waals surface area contributed by atoms with Crippen LogP contribution in [0.2, 0.25) is 0 Å². The Morgan fingerprint density at radius 1 is 1.29 bits per heavy atom. The van der Waals surface area contributed by atoms with Crippen molar-refractivity contribution >= 4 is 12.0 Å². The Kier molecular flexibility index (Phi) is 6.04. The molecule has 0 radical (unpaired) electrons. The minimum Gasteiger partial charge on any atom is -0.481 e. The molecule has 0 bridgehead atoms. The van der Waals surface area contributed by atoms with E-state index >= 15 is 0 Å². The van der Waals surface area contributed by atoms with Crippen molar-refractivity contribution in [1.82, 2.24) is 0 Å². The van der Waals surface area contributed by atoms with Crippen LogP contribution in [0.25, 0.3) is 6.08 Å². The van der Waals surface area contributed by atoms with E-state index in [2.05, 4.69) is 6.08 Å². The van der Waals surface area contributed by atoms with Gasteiger partial charge in [-0.25, -0.2) is 0 Å². The fourth-order valence-electron chi connectivity index (χ4n) is 1.55. The molecule has 0 spiro atoms. The van der Waals surface area contributed by atoms with Gasteiger partial charge in [-0.2, -0.15) is 0 Å². The lowest BCUT2D eigenvalue weighted by Gasteiger charge is -2.00. The fourth-order valence-corrected chi connectivity index (χ4v) is 1.55. The van der Waals surface area contributed by atoms with Crippen LogP contribution in [-0.4, -0.2) is 17.6 Å². The van der Waals surface area contributed by atoms with E-state index < -0.39 is 5.97 Å². The first-order valence-corrected chi connectivity index (χ1v) is 5.89. The Balaban J connectivity index is 2.41. The number of aryl methyl sites for hydroxylation is 1. The van der Waals surface area contributed by atoms with Crippen LogP contribution < -0.4 is 5.73 Å². The molecule has 0 aromatic heterocycles. The minimum atomic E-state index is -0.730. The first-order valence-electron chi connectivity index (χ1n) is 5.89. The normalized spacial score (nSPS) is 10.9. The fraction of sp³-hybridized carbons (Fsp3) is 0.357. The number of nitrogens with two attached hydrogens (primary N) is 1. The van der Waals surface area contributed by atoms with E-state index in [1.807, 2.05) is 30.3 Å². The molecule has 0 saturated carbocycles. The number of carboxylic acids is 1. The molecule has 0 heterocycles. The summed E-state index contributed by atoms with van der Waals surface area (Å²) in [6, 6.07) is 8.18. The van der Waals surface area contributed by atoms with Crippen LogP contribution in [0.4, 0.5) is 0 Å². The molecule has 17 heavy (non-hydrogen) atoms. The standard InChI is InChI=1S/C14H19NO2/c15-11-2-1-4-12-7-9-13(10-8-12)5-3-6-14(16)17/h1,4,7-10H,2-3,5-6,11,15H2,(H,16,17). The van der Waals surface area contributed by atoms with Gasteiger partial charge in [0, 0.05) is 6.42 Å². The molecule has 0 saturated heterocycles. The van der Waals surface area contributed by atoms with Gasteiger partial charge >= 0.3 is 5.97 Å². The smallest absolute Gasteiger partial charge is 0.303 e. The highest BCUT2D eigenvalue weighted by atomic mass is 16.4. The van der Waals surface area contributed by atoms with E-state index in [9.17, 15) is 4.79 Å². The second-order valence-electron chi connectivity index (χ2n) is 3.97. The number of hydrogen-bond acceptors (Lipinski definition) is 2. The van der Waals surface area contributed by atoms with E-state index in [0.717, 1.165) is 18.4 Å². The average Bonchev–Trinajstić information content (AvgIpc) is 2.31. The topological polar surface area (TPSA) is 63.3 Å². The molecule has 3 N–H and O–H groups in total. The van der Waals surface area contributed by atoms with E-state index in [1.165, 1.54) is 5.56 Å². The van der Waals surface area contributed by atoms with E-state index in [1.54, 1.807) is 0 Å². The van der Waals surface area contributed by atoms with Crippen LogP contribution >= 0.6 is 0 Å². The lowest BCUT2D eigenvalue weighted by Crippen LogP contribution is -1.96. The molecule has 0 atom stereocenters. The average molecular weight is 233 g/mol. The molecular formula is C14H19NO2. The van der Waals surface area contributed by atoms with Crippen molar-refractivity contribution in [2.45, 2.75) is 25.7 Å². The second-order valence-corrected chi connectivity index (χ2v) is 3.97. The summed E-state index contributed by atoms with van der Waals surface area (Å²) in [6.45, 7) is 0.670. The predicted molar refractivity (Wildman–Crippen MR) is 69.7 cm³/mol. The summed E-state index contributed by atoms with van der Waals surface area (Å²) in [5.74, 6) is -0.730. The summed E-state index contributed by atoms with van der Waals surface area (Å²) in [5.41, 5.74) is 7.73. The Morgan fingerprint density at radius 2 is 2.00 bits per heavy atom. The maximum atomic E-state index is 10.4. The molecule has 92 valence electrons. The Labute approximate surface area is 102 Å². The van der Waals surface area contributed by atoms with E-state index in [4.69, 9.17) is 10.8 Å². The third kappa shape index (κ3) is 5.88. The molecule has 1 rings (SSSR count). The molecule has 0 fully saturated rings. The van der Waals surface area contributed by atoms with Crippen molar-refractivity contribution < 1.29 is 9.90 Å². The van der Waals surface area contributed by atoms with Gasteiger partial charge in [0.2, 0.25) is 0 Å². The van der Waals surface area contributed by atoms with Crippen molar-refractivity contribution in [2.24, 2.45) is 5.73 Å². The quantitative estimate of drug-likeness (QED) is 0.760. The van der Waals surface area contributed by atoms with Gasteiger partial charge in [-0.3, -0.25) is 4.79 Å². The molecule has 1 aromatic rings. The van der Waals surface area contributed by atoms with Crippen molar-refractivity contribution in [3.63, 3.8) is 0 Å². The highest BCUT2D eigenvalue weighted by molar-refractivity contribution is 5.66. The molecule has 1 aromatic carbocycles. The number of rotatable bonds is 7. The van der Waals surface area contributed by atoms with Crippen LogP contribution in [0, 0.1) is 0 Å². The number of benzene rings is 1. The summed E-state index contributed by atoms with van der Waals surface area (Å²) < 4.78 is 0. The van der Waals surface area contributed by atoms with Crippen LogP contribution in [0.3, 0.4) is 0 Å². The molecule has 0 unspecified atom stereocenters. The van der Waals surface area contributed by atoms with Gasteiger partial charge in [-0.1, -0.05) is 36.4 Å². The van der Waals surface area contributed by atoms with Gasteiger partial charge < -0.3 is 10.8 Å². The summed E-state index contributed by atoms with van der Waals surface area (Å²) in [7, 11) is 0. The van der Waals surface area contributed by atoms with Crippen LogP contribution in [-0.2, 0) is 11.2 Å². The third-order valence-electron chi connectivity index (χ3n) is 2.48. The second kappa shape index (κ2) is 7.63. The third-order valence-corrected chi connectivity index (χ3v) is 2.48. The van der Waals surface area contributed by atoms with Crippen LogP contribution in [0.15, 0.2) is 30.3 Å². The predicted octanol–water partition coefficient (Wildman–Crippen LogP) is 2.46. The number of hydrogen-bond donors (Lipinski definition) is 2. The highest BCUT2D eigenvalue weighted by Crippen LogP contribution is 2.09. The van der Waals surface area contributed by atoms with Crippen molar-refractivity contribution in [1.29, 1.82) is 0 Å². The Morgan fingerprint density at radius 3 is 2.59 bits per heavy atom. The van der Waals surface area contributed by atoms with Crippen molar-refractivity contribution in [3.8, 4) is 0 Å². The summed E-state index contributed by atoms with van der Waals surface area (Å²) >= 11 is 0. The molecule has 0 aliphatic rings. The lowest BCUT2D eigenvalue weighted by molar-refractivity contribution is -0.137. The molecule has 3 heteroatoms. The molecule has 0 amide bonds. The van der Waals surface area contributed by atoms with Gasteiger partial charge in [0.25, 0.3) is 0 Å². The first-order chi connectivity index (χ1) is 8.22. The largest absolute Gasteiger partial charge is 0.481 e. The van der Waals surface area contributed by atoms with E-state index in [-0.39, 0.29) is 6.42 Å². The Bertz CT molecular complexity index is 368. The minimum absolute atomic E-state index is 0.234. The van der Waals surface area contributed by atoms with Crippen molar-refractivity contribution in [2.75, 3.05) is 6.54 Å². The molecule has 3 nitrogen and oxygen atoms in total. The maximum Gasteiger partial charge on any atom is 0.303 e. The molecule has 0 aliphatic heterocycles. The van der Waals surface area contributed by atoms with E-state index in [0.29, 0.717) is 13.0 Å². The number of carbonyl (C=O) groups is 1. The summed E-state index contributed by atoms with van der Waals surface area (Å²) in [4.78, 5) is 10.4. The zero-order valence-corrected chi connectivity index (χ0v) is 9.93. The molecular weight excluding hydrogens is 214 g/mol. The molecule has 0 aliphatic carbocycles. The highest BCUT2D eigenvalue weighted by Gasteiger charge is 1.98. The van der Waals surface area contributed by atoms with Gasteiger partial charge in [0.15, 0.2) is 0 Å². The zero-order chi connectivity index (χ0) is 12.5. The zero-order valence-electron chi connectivity index (χ0n) is 9.93. The lowest BCUT2D eigenvalue weighted by atomic mass is 10.1. The Hall–Kier alpha value is -1.61. The first kappa shape index (κ1) is 13.5. The summed E-state index contributed by atoms with van der Waals surface area (Å²) in [6.07, 6.45) is 6.74. The monoisotopic (exact) mass is 233 g/mol. The van der Waals surface area contributed by atoms with Crippen molar-refractivity contribution in [3.05, 3.63) is 41.5 Å². The van der Waals surface area contributed by atoms with Gasteiger partial charge in [0.1, 0.15) is 0 Å². The maximum absolute atomic E-state index is 10.4. The number of carboxylic acid groups (broad SMARTS) is 1. The number of aliphatic carboxylic acids is 1. The van der Waals surface area contributed by atoms with Gasteiger partial charge in [0.05, 0.1) is 0 Å². The summed E-state index contributed by atoms with van der Waals surface area (Å²) in [5, 5.41) is 8.54. The van der Waals surface area contributed by atoms with Gasteiger partial charge in [-0.15, -0.1) is 0 Å². The van der Waals surface area contributed by atoms with Crippen LogP contribution in [0.1, 0.15) is 30.4 Å². The van der Waals surface area contributed by atoms with Crippen LogP contribution in [0.5, 0.6) is 0 Å². The van der Waals surface area contributed by atoms with Gasteiger partial charge in [-0.05, 0) is 36.9 Å².